The summed E-state index contributed by atoms with van der Waals surface area (Å²) in [7, 11) is 0. The van der Waals surface area contributed by atoms with E-state index in [9.17, 15) is 28.8 Å². The Kier molecular flexibility index (Phi) is 13.2. The standard InChI is InChI=1S/C18H31N5O9/c1-9(15(28)23-12(18(31)32)8-14(26)27)21-17(30)11(4-2-3-7-19)22-16(29)10(20)5-6-13(24)25/h9-12H,2-8,19-20H2,1H3,(H,21,30)(H,22,29)(H,23,28)(H,24,25)(H,26,27)(H,31,32). The zero-order valence-corrected chi connectivity index (χ0v) is 17.7. The van der Waals surface area contributed by atoms with Crippen LogP contribution in [-0.4, -0.2) is 81.7 Å². The first-order valence-corrected chi connectivity index (χ1v) is 9.92. The molecule has 182 valence electrons. The predicted molar refractivity (Wildman–Crippen MR) is 109 cm³/mol. The summed E-state index contributed by atoms with van der Waals surface area (Å²) in [6.45, 7) is 1.60. The van der Waals surface area contributed by atoms with Crippen LogP contribution in [0, 0.1) is 0 Å². The SMILES string of the molecule is CC(NC(=O)C(CCCCN)NC(=O)C(N)CCC(=O)O)C(=O)NC(CC(=O)O)C(=O)O. The molecule has 0 bridgehead atoms. The van der Waals surface area contributed by atoms with Gasteiger partial charge in [-0.25, -0.2) is 4.79 Å². The lowest BCUT2D eigenvalue weighted by Crippen LogP contribution is -2.56. The van der Waals surface area contributed by atoms with Crippen LogP contribution in [0.5, 0.6) is 0 Å². The van der Waals surface area contributed by atoms with Crippen molar-refractivity contribution in [3.05, 3.63) is 0 Å². The van der Waals surface area contributed by atoms with Crippen LogP contribution in [0.15, 0.2) is 0 Å². The lowest BCUT2D eigenvalue weighted by molar-refractivity contribution is -0.147. The second kappa shape index (κ2) is 14.7. The van der Waals surface area contributed by atoms with E-state index >= 15 is 0 Å². The Balaban J connectivity index is 5.08. The molecule has 0 heterocycles. The summed E-state index contributed by atoms with van der Waals surface area (Å²) in [6.07, 6.45) is -0.163. The van der Waals surface area contributed by atoms with Gasteiger partial charge in [0.2, 0.25) is 17.7 Å². The number of carboxylic acid groups (broad SMARTS) is 3. The predicted octanol–water partition coefficient (Wildman–Crippen LogP) is -2.66. The molecule has 32 heavy (non-hydrogen) atoms. The Labute approximate surface area is 184 Å². The average Bonchev–Trinajstić information content (AvgIpc) is 2.69. The number of unbranched alkanes of at least 4 members (excludes halogenated alkanes) is 1. The van der Waals surface area contributed by atoms with Gasteiger partial charge < -0.3 is 42.7 Å². The molecular weight excluding hydrogens is 430 g/mol. The maximum absolute atomic E-state index is 12.6. The minimum Gasteiger partial charge on any atom is -0.481 e. The van der Waals surface area contributed by atoms with Crippen molar-refractivity contribution in [2.45, 2.75) is 69.6 Å². The highest BCUT2D eigenvalue weighted by molar-refractivity contribution is 5.94. The van der Waals surface area contributed by atoms with Gasteiger partial charge >= 0.3 is 17.9 Å². The Morgan fingerprint density at radius 2 is 1.38 bits per heavy atom. The van der Waals surface area contributed by atoms with Gasteiger partial charge in [0.15, 0.2) is 0 Å². The molecule has 0 rings (SSSR count). The summed E-state index contributed by atoms with van der Waals surface area (Å²) in [5.41, 5.74) is 11.1. The van der Waals surface area contributed by atoms with Crippen LogP contribution in [0.2, 0.25) is 0 Å². The van der Waals surface area contributed by atoms with Crippen molar-refractivity contribution >= 4 is 35.6 Å². The monoisotopic (exact) mass is 461 g/mol. The van der Waals surface area contributed by atoms with Gasteiger partial charge in [-0.05, 0) is 39.2 Å². The number of aliphatic carboxylic acids is 3. The van der Waals surface area contributed by atoms with Gasteiger partial charge in [0.25, 0.3) is 0 Å². The highest BCUT2D eigenvalue weighted by Crippen LogP contribution is 2.04. The number of carboxylic acids is 3. The van der Waals surface area contributed by atoms with Gasteiger partial charge in [0, 0.05) is 6.42 Å². The molecule has 0 aliphatic heterocycles. The number of carbonyl (C=O) groups excluding carboxylic acids is 3. The van der Waals surface area contributed by atoms with Crippen molar-refractivity contribution in [3.8, 4) is 0 Å². The van der Waals surface area contributed by atoms with Crippen molar-refractivity contribution < 1.29 is 44.1 Å². The van der Waals surface area contributed by atoms with Crippen molar-refractivity contribution in [1.29, 1.82) is 0 Å². The number of carbonyl (C=O) groups is 6. The van der Waals surface area contributed by atoms with E-state index in [1.807, 2.05) is 5.32 Å². The summed E-state index contributed by atoms with van der Waals surface area (Å²) in [5, 5.41) is 33.2. The minimum atomic E-state index is -1.69. The summed E-state index contributed by atoms with van der Waals surface area (Å²) >= 11 is 0. The average molecular weight is 461 g/mol. The number of nitrogens with one attached hydrogen (secondary N) is 3. The molecule has 0 spiro atoms. The Morgan fingerprint density at radius 3 is 1.88 bits per heavy atom. The van der Waals surface area contributed by atoms with E-state index in [2.05, 4.69) is 10.6 Å². The fraction of sp³-hybridized carbons (Fsp3) is 0.667. The van der Waals surface area contributed by atoms with Gasteiger partial charge in [0.05, 0.1) is 12.5 Å². The lowest BCUT2D eigenvalue weighted by atomic mass is 10.1. The maximum atomic E-state index is 12.6. The number of amides is 3. The molecule has 10 N–H and O–H groups in total. The Bertz CT molecular complexity index is 700. The third kappa shape index (κ3) is 11.8. The molecule has 0 aromatic carbocycles. The van der Waals surface area contributed by atoms with E-state index in [1.165, 1.54) is 6.92 Å². The Morgan fingerprint density at radius 1 is 0.781 bits per heavy atom. The van der Waals surface area contributed by atoms with Crippen molar-refractivity contribution in [1.82, 2.24) is 16.0 Å². The third-order valence-electron chi connectivity index (χ3n) is 4.33. The van der Waals surface area contributed by atoms with Crippen LogP contribution >= 0.6 is 0 Å². The van der Waals surface area contributed by atoms with Crippen molar-refractivity contribution in [2.24, 2.45) is 11.5 Å². The fourth-order valence-electron chi connectivity index (χ4n) is 2.50. The van der Waals surface area contributed by atoms with E-state index in [0.29, 0.717) is 19.4 Å². The molecule has 0 saturated heterocycles. The number of rotatable bonds is 16. The summed E-state index contributed by atoms with van der Waals surface area (Å²) in [6, 6.07) is -5.20. The smallest absolute Gasteiger partial charge is 0.326 e. The fourth-order valence-corrected chi connectivity index (χ4v) is 2.50. The van der Waals surface area contributed by atoms with Crippen LogP contribution in [0.3, 0.4) is 0 Å². The van der Waals surface area contributed by atoms with Gasteiger partial charge in [0.1, 0.15) is 18.1 Å². The summed E-state index contributed by atoms with van der Waals surface area (Å²) < 4.78 is 0. The zero-order valence-electron chi connectivity index (χ0n) is 17.7. The normalized spacial score (nSPS) is 14.3. The van der Waals surface area contributed by atoms with Gasteiger partial charge in [-0.3, -0.25) is 24.0 Å². The highest BCUT2D eigenvalue weighted by Gasteiger charge is 2.29. The molecule has 0 aliphatic rings. The molecule has 0 aromatic heterocycles. The van der Waals surface area contributed by atoms with Crippen molar-refractivity contribution in [3.63, 3.8) is 0 Å². The topological polar surface area (TPSA) is 251 Å². The van der Waals surface area contributed by atoms with Crippen LogP contribution in [-0.2, 0) is 28.8 Å². The molecule has 0 aliphatic carbocycles. The number of hydrogen-bond acceptors (Lipinski definition) is 8. The molecular formula is C18H31N5O9. The van der Waals surface area contributed by atoms with E-state index < -0.39 is 66.2 Å². The Hall–Kier alpha value is -3.26. The largest absolute Gasteiger partial charge is 0.481 e. The van der Waals surface area contributed by atoms with Gasteiger partial charge in [-0.15, -0.1) is 0 Å². The minimum absolute atomic E-state index is 0.142. The number of hydrogen-bond donors (Lipinski definition) is 8. The maximum Gasteiger partial charge on any atom is 0.326 e. The first kappa shape index (κ1) is 28.7. The molecule has 0 radical (unpaired) electrons. The molecule has 0 aromatic rings. The molecule has 0 fully saturated rings. The first-order valence-electron chi connectivity index (χ1n) is 9.92. The van der Waals surface area contributed by atoms with Crippen LogP contribution < -0.4 is 27.4 Å². The second-order valence-electron chi connectivity index (χ2n) is 7.11. The lowest BCUT2D eigenvalue weighted by Gasteiger charge is -2.23. The molecule has 0 saturated carbocycles. The molecule has 3 amide bonds. The first-order chi connectivity index (χ1) is 14.9. The van der Waals surface area contributed by atoms with Gasteiger partial charge in [-0.1, -0.05) is 0 Å². The molecule has 14 heteroatoms. The van der Waals surface area contributed by atoms with Crippen LogP contribution in [0.25, 0.3) is 0 Å². The molecule has 4 atom stereocenters. The number of nitrogens with two attached hydrogens (primary N) is 2. The van der Waals surface area contributed by atoms with E-state index in [-0.39, 0.29) is 19.3 Å². The van der Waals surface area contributed by atoms with E-state index in [1.54, 1.807) is 0 Å². The zero-order chi connectivity index (χ0) is 24.8. The highest BCUT2D eigenvalue weighted by atomic mass is 16.4. The van der Waals surface area contributed by atoms with Crippen molar-refractivity contribution in [2.75, 3.05) is 6.54 Å². The molecule has 14 nitrogen and oxygen atoms in total. The second-order valence-corrected chi connectivity index (χ2v) is 7.11. The summed E-state index contributed by atoms with van der Waals surface area (Å²) in [4.78, 5) is 69.4. The van der Waals surface area contributed by atoms with Crippen LogP contribution in [0.1, 0.15) is 45.4 Å². The van der Waals surface area contributed by atoms with Gasteiger partial charge in [-0.2, -0.15) is 0 Å². The third-order valence-corrected chi connectivity index (χ3v) is 4.33. The molecule has 4 unspecified atom stereocenters. The van der Waals surface area contributed by atoms with E-state index in [0.717, 1.165) is 0 Å². The summed E-state index contributed by atoms with van der Waals surface area (Å²) in [5.74, 6) is -6.56. The van der Waals surface area contributed by atoms with E-state index in [4.69, 9.17) is 26.8 Å². The van der Waals surface area contributed by atoms with Crippen LogP contribution in [0.4, 0.5) is 0 Å². The quantitative estimate of drug-likeness (QED) is 0.110.